The third-order valence-corrected chi connectivity index (χ3v) is 2.68. The number of Topliss-reactive ketones (excluding diaryl/α,β-unsaturated/α-hetero) is 1. The molecule has 4 nitrogen and oxygen atoms in total. The minimum atomic E-state index is -0.502. The van der Waals surface area contributed by atoms with Crippen LogP contribution in [0.25, 0.3) is 6.08 Å². The van der Waals surface area contributed by atoms with Crippen molar-refractivity contribution in [3.05, 3.63) is 35.4 Å². The first-order chi connectivity index (χ1) is 9.33. The van der Waals surface area contributed by atoms with Gasteiger partial charge in [0.1, 0.15) is 18.0 Å². The third kappa shape index (κ3) is 3.95. The lowest BCUT2D eigenvalue weighted by atomic mass is 10.0. The van der Waals surface area contributed by atoms with Gasteiger partial charge in [0.15, 0.2) is 5.78 Å². The molecule has 0 atom stereocenters. The topological polar surface area (TPSA) is 52.6 Å². The molecule has 0 saturated heterocycles. The number of ketones is 1. The Morgan fingerprint density at radius 1 is 1.35 bits per heavy atom. The molecule has 0 amide bonds. The summed E-state index contributed by atoms with van der Waals surface area (Å²) in [4.78, 5) is 22.9. The van der Waals surface area contributed by atoms with Gasteiger partial charge in [-0.3, -0.25) is 4.79 Å². The second-order valence-electron chi connectivity index (χ2n) is 5.74. The molecule has 0 fully saturated rings. The van der Waals surface area contributed by atoms with Crippen molar-refractivity contribution in [3.63, 3.8) is 0 Å². The van der Waals surface area contributed by atoms with Gasteiger partial charge in [0, 0.05) is 18.1 Å². The summed E-state index contributed by atoms with van der Waals surface area (Å²) in [6.45, 7) is 5.60. The Balaban J connectivity index is 2.09. The Morgan fingerprint density at radius 2 is 2.10 bits per heavy atom. The Hall–Kier alpha value is -2.10. The second kappa shape index (κ2) is 5.49. The number of fused-ring (bicyclic) bond motifs is 1. The van der Waals surface area contributed by atoms with Crippen LogP contribution >= 0.6 is 0 Å². The van der Waals surface area contributed by atoms with Gasteiger partial charge in [-0.2, -0.15) is 0 Å². The Morgan fingerprint density at radius 3 is 2.80 bits per heavy atom. The Kier molecular flexibility index (Phi) is 3.93. The molecule has 1 aromatic rings. The largest absolute Gasteiger partial charge is 0.486 e. The number of rotatable bonds is 2. The number of hydrogen-bond acceptors (Lipinski definition) is 4. The van der Waals surface area contributed by atoms with Crippen LogP contribution in [0.15, 0.2) is 24.3 Å². The van der Waals surface area contributed by atoms with Crippen molar-refractivity contribution in [1.29, 1.82) is 0 Å². The van der Waals surface area contributed by atoms with E-state index in [0.29, 0.717) is 6.42 Å². The van der Waals surface area contributed by atoms with Gasteiger partial charge in [-0.05, 0) is 44.5 Å². The fraction of sp³-hybridized carbons (Fsp3) is 0.375. The molecule has 1 aliphatic heterocycles. The molecule has 4 heteroatoms. The van der Waals surface area contributed by atoms with Gasteiger partial charge < -0.3 is 9.47 Å². The van der Waals surface area contributed by atoms with Crippen LogP contribution in [-0.2, 0) is 20.7 Å². The highest BCUT2D eigenvalue weighted by Crippen LogP contribution is 2.25. The van der Waals surface area contributed by atoms with Gasteiger partial charge in [0.25, 0.3) is 0 Å². The molecule has 0 spiro atoms. The molecule has 0 saturated carbocycles. The van der Waals surface area contributed by atoms with Crippen LogP contribution in [0.1, 0.15) is 31.9 Å². The summed E-state index contributed by atoms with van der Waals surface area (Å²) in [6.07, 6.45) is 3.44. The van der Waals surface area contributed by atoms with Crippen LogP contribution in [-0.4, -0.2) is 24.0 Å². The molecular formula is C16H18O4. The maximum absolute atomic E-state index is 11.6. The van der Waals surface area contributed by atoms with Crippen LogP contribution in [0.3, 0.4) is 0 Å². The van der Waals surface area contributed by atoms with E-state index in [1.807, 2.05) is 39.0 Å². The van der Waals surface area contributed by atoms with Gasteiger partial charge in [0.2, 0.25) is 0 Å². The molecule has 0 aliphatic carbocycles. The zero-order valence-electron chi connectivity index (χ0n) is 11.9. The lowest BCUT2D eigenvalue weighted by Gasteiger charge is -2.18. The van der Waals surface area contributed by atoms with Crippen LogP contribution < -0.4 is 4.74 Å². The summed E-state index contributed by atoms with van der Waals surface area (Å²) in [5.74, 6) is 0.410. The molecule has 1 heterocycles. The summed E-state index contributed by atoms with van der Waals surface area (Å²) < 4.78 is 10.5. The molecule has 0 radical (unpaired) electrons. The van der Waals surface area contributed by atoms with E-state index < -0.39 is 5.60 Å². The summed E-state index contributed by atoms with van der Waals surface area (Å²) in [5, 5.41) is 0. The average molecular weight is 274 g/mol. The number of carbonyl (C=O) groups excluding carboxylic acids is 2. The first-order valence-electron chi connectivity index (χ1n) is 6.52. The van der Waals surface area contributed by atoms with Gasteiger partial charge in [-0.25, -0.2) is 4.79 Å². The molecule has 20 heavy (non-hydrogen) atoms. The van der Waals surface area contributed by atoms with Crippen molar-refractivity contribution < 1.29 is 19.1 Å². The lowest BCUT2D eigenvalue weighted by molar-refractivity contribution is -0.148. The zero-order chi connectivity index (χ0) is 14.8. The minimum Gasteiger partial charge on any atom is -0.486 e. The van der Waals surface area contributed by atoms with Gasteiger partial charge in [-0.15, -0.1) is 0 Å². The fourth-order valence-electron chi connectivity index (χ4n) is 1.90. The number of esters is 1. The lowest BCUT2D eigenvalue weighted by Crippen LogP contribution is -2.22. The third-order valence-electron chi connectivity index (χ3n) is 2.68. The van der Waals surface area contributed by atoms with E-state index in [0.717, 1.165) is 16.9 Å². The summed E-state index contributed by atoms with van der Waals surface area (Å²) >= 11 is 0. The highest BCUT2D eigenvalue weighted by Gasteiger charge is 2.17. The molecule has 2 rings (SSSR count). The average Bonchev–Trinajstić information content (AvgIpc) is 2.33. The first-order valence-corrected chi connectivity index (χ1v) is 6.52. The van der Waals surface area contributed by atoms with Crippen molar-refractivity contribution in [1.82, 2.24) is 0 Å². The molecule has 0 unspecified atom stereocenters. The van der Waals surface area contributed by atoms with Crippen molar-refractivity contribution in [3.8, 4) is 5.75 Å². The van der Waals surface area contributed by atoms with Crippen LogP contribution in [0.5, 0.6) is 5.75 Å². The monoisotopic (exact) mass is 274 g/mol. The highest BCUT2D eigenvalue weighted by molar-refractivity contribution is 5.88. The molecule has 1 aliphatic rings. The predicted octanol–water partition coefficient (Wildman–Crippen LogP) is 2.55. The van der Waals surface area contributed by atoms with Crippen LogP contribution in [0.4, 0.5) is 0 Å². The highest BCUT2D eigenvalue weighted by atomic mass is 16.6. The summed E-state index contributed by atoms with van der Waals surface area (Å²) in [6, 6.07) is 5.51. The van der Waals surface area contributed by atoms with Crippen LogP contribution in [0, 0.1) is 0 Å². The SMILES string of the molecule is CC(C)(C)OC(=O)C=Cc1ccc2c(c1)CC(=O)CO2. The predicted molar refractivity (Wildman–Crippen MR) is 75.5 cm³/mol. The maximum atomic E-state index is 11.6. The van der Waals surface area contributed by atoms with E-state index in [2.05, 4.69) is 0 Å². The van der Waals surface area contributed by atoms with Crippen molar-refractivity contribution in [2.45, 2.75) is 32.8 Å². The summed E-state index contributed by atoms with van der Waals surface area (Å²) in [7, 11) is 0. The molecule has 0 N–H and O–H groups in total. The number of benzene rings is 1. The smallest absolute Gasteiger partial charge is 0.331 e. The maximum Gasteiger partial charge on any atom is 0.331 e. The molecule has 106 valence electrons. The first kappa shape index (κ1) is 14.3. The summed E-state index contributed by atoms with van der Waals surface area (Å²) in [5.41, 5.74) is 1.19. The Bertz CT molecular complexity index is 564. The van der Waals surface area contributed by atoms with Gasteiger partial charge in [0.05, 0.1) is 0 Å². The van der Waals surface area contributed by atoms with Crippen molar-refractivity contribution in [2.75, 3.05) is 6.61 Å². The van der Waals surface area contributed by atoms with Crippen molar-refractivity contribution >= 4 is 17.8 Å². The van der Waals surface area contributed by atoms with E-state index >= 15 is 0 Å². The number of ether oxygens (including phenoxy) is 2. The minimum absolute atomic E-state index is 0.0609. The van der Waals surface area contributed by atoms with Gasteiger partial charge >= 0.3 is 5.97 Å². The van der Waals surface area contributed by atoms with E-state index in [1.54, 1.807) is 6.08 Å². The van der Waals surface area contributed by atoms with Gasteiger partial charge in [-0.1, -0.05) is 6.07 Å². The number of carbonyl (C=O) groups is 2. The van der Waals surface area contributed by atoms with Crippen molar-refractivity contribution in [2.24, 2.45) is 0 Å². The molecule has 1 aromatic carbocycles. The van der Waals surface area contributed by atoms with E-state index in [1.165, 1.54) is 6.08 Å². The Labute approximate surface area is 118 Å². The van der Waals surface area contributed by atoms with Crippen LogP contribution in [0.2, 0.25) is 0 Å². The van der Waals surface area contributed by atoms with E-state index in [4.69, 9.17) is 9.47 Å². The van der Waals surface area contributed by atoms with E-state index in [9.17, 15) is 9.59 Å². The standard InChI is InChI=1S/C16H18O4/c1-16(2,3)20-15(18)7-5-11-4-6-14-12(8-11)9-13(17)10-19-14/h4-8H,9-10H2,1-3H3. The quantitative estimate of drug-likeness (QED) is 0.614. The normalized spacial score (nSPS) is 14.8. The second-order valence-corrected chi connectivity index (χ2v) is 5.74. The number of hydrogen-bond donors (Lipinski definition) is 0. The molecular weight excluding hydrogens is 256 g/mol. The molecule has 0 aromatic heterocycles. The zero-order valence-corrected chi connectivity index (χ0v) is 11.9. The molecule has 0 bridgehead atoms. The fourth-order valence-corrected chi connectivity index (χ4v) is 1.90. The van der Waals surface area contributed by atoms with E-state index in [-0.39, 0.29) is 18.4 Å².